The highest BCUT2D eigenvalue weighted by Crippen LogP contribution is 2.28. The number of hydrogen-bond donors (Lipinski definition) is 2. The number of halogens is 1. The maximum absolute atomic E-state index is 11.6. The molecule has 4 nitrogen and oxygen atoms in total. The Morgan fingerprint density at radius 1 is 1.24 bits per heavy atom. The normalized spacial score (nSPS) is 16.2. The van der Waals surface area contributed by atoms with Crippen LogP contribution in [0, 0.1) is 6.92 Å². The van der Waals surface area contributed by atoms with Crippen molar-refractivity contribution in [3.05, 3.63) is 52.4 Å². The van der Waals surface area contributed by atoms with Crippen LogP contribution in [0.3, 0.4) is 0 Å². The van der Waals surface area contributed by atoms with Crippen LogP contribution in [0.1, 0.15) is 11.3 Å². The lowest BCUT2D eigenvalue weighted by Crippen LogP contribution is -2.21. The Balaban J connectivity index is 1.94. The predicted molar refractivity (Wildman–Crippen MR) is 85.7 cm³/mol. The summed E-state index contributed by atoms with van der Waals surface area (Å²) in [5, 5.41) is 6.21. The van der Waals surface area contributed by atoms with E-state index in [1.54, 1.807) is 12.1 Å². The van der Waals surface area contributed by atoms with E-state index in [2.05, 4.69) is 10.6 Å². The molecule has 3 rings (SSSR count). The lowest BCUT2D eigenvalue weighted by Gasteiger charge is -2.02. The van der Waals surface area contributed by atoms with Crippen LogP contribution in [-0.4, -0.2) is 11.0 Å². The van der Waals surface area contributed by atoms with Crippen LogP contribution in [0.2, 0.25) is 5.02 Å². The minimum absolute atomic E-state index is 0.267. The van der Waals surface area contributed by atoms with Crippen LogP contribution in [0.4, 0.5) is 0 Å². The molecule has 0 spiro atoms. The summed E-state index contributed by atoms with van der Waals surface area (Å²) < 4.78 is 5.75. The molecule has 1 amide bonds. The van der Waals surface area contributed by atoms with Gasteiger partial charge in [0.15, 0.2) is 5.11 Å². The average Bonchev–Trinajstić information content (AvgIpc) is 3.00. The van der Waals surface area contributed by atoms with E-state index in [0.717, 1.165) is 11.1 Å². The number of hydrogen-bond acceptors (Lipinski definition) is 3. The Bertz CT molecular complexity index is 780. The standard InChI is InChI=1S/C15H11ClN2O2S/c1-8-2-3-9(16)6-11(8)13-5-4-10(20-13)7-12-14(19)18-15(21)17-12/h2-7H,1H3,(H2,17,18,19,21). The van der Waals surface area contributed by atoms with Gasteiger partial charge in [-0.15, -0.1) is 0 Å². The van der Waals surface area contributed by atoms with Gasteiger partial charge in [-0.2, -0.15) is 0 Å². The van der Waals surface area contributed by atoms with Crippen molar-refractivity contribution >= 4 is 40.9 Å². The van der Waals surface area contributed by atoms with Crippen LogP contribution in [0.25, 0.3) is 17.4 Å². The molecular formula is C15H11ClN2O2S. The van der Waals surface area contributed by atoms with Crippen molar-refractivity contribution in [3.63, 3.8) is 0 Å². The Morgan fingerprint density at radius 3 is 2.76 bits per heavy atom. The Kier molecular flexibility index (Phi) is 3.53. The highest BCUT2D eigenvalue weighted by atomic mass is 35.5. The van der Waals surface area contributed by atoms with Gasteiger partial charge in [-0.25, -0.2) is 0 Å². The molecule has 2 aromatic rings. The molecule has 2 heterocycles. The molecule has 1 aliphatic heterocycles. The van der Waals surface area contributed by atoms with Crippen molar-refractivity contribution in [2.24, 2.45) is 0 Å². The van der Waals surface area contributed by atoms with Crippen molar-refractivity contribution in [2.75, 3.05) is 0 Å². The van der Waals surface area contributed by atoms with Crippen LogP contribution in [0.15, 0.2) is 40.4 Å². The molecule has 1 saturated heterocycles. The molecule has 6 heteroatoms. The van der Waals surface area contributed by atoms with Crippen molar-refractivity contribution in [1.29, 1.82) is 0 Å². The first-order chi connectivity index (χ1) is 10.0. The Hall–Kier alpha value is -2.11. The zero-order chi connectivity index (χ0) is 15.0. The number of carbonyl (C=O) groups is 1. The van der Waals surface area contributed by atoms with Gasteiger partial charge in [-0.1, -0.05) is 17.7 Å². The first-order valence-electron chi connectivity index (χ1n) is 6.23. The maximum Gasteiger partial charge on any atom is 0.274 e. The fourth-order valence-electron chi connectivity index (χ4n) is 2.06. The summed E-state index contributed by atoms with van der Waals surface area (Å²) in [5.41, 5.74) is 2.35. The molecule has 1 aromatic carbocycles. The highest BCUT2D eigenvalue weighted by molar-refractivity contribution is 7.80. The lowest BCUT2D eigenvalue weighted by molar-refractivity contribution is -0.115. The second kappa shape index (κ2) is 5.35. The number of nitrogens with one attached hydrogen (secondary N) is 2. The van der Waals surface area contributed by atoms with E-state index in [4.69, 9.17) is 28.2 Å². The molecule has 1 aliphatic rings. The van der Waals surface area contributed by atoms with Gasteiger partial charge in [0.05, 0.1) is 0 Å². The second-order valence-corrected chi connectivity index (χ2v) is 5.47. The third-order valence-electron chi connectivity index (χ3n) is 3.10. The lowest BCUT2D eigenvalue weighted by atomic mass is 10.1. The van der Waals surface area contributed by atoms with Gasteiger partial charge < -0.3 is 9.73 Å². The summed E-state index contributed by atoms with van der Waals surface area (Å²) in [6, 6.07) is 9.25. The SMILES string of the molecule is Cc1ccc(Cl)cc1-c1ccc(C=C2NC(=S)NC2=O)o1. The number of rotatable bonds is 2. The van der Waals surface area contributed by atoms with Gasteiger partial charge in [0.1, 0.15) is 17.2 Å². The zero-order valence-corrected chi connectivity index (χ0v) is 12.6. The Morgan fingerprint density at radius 2 is 2.05 bits per heavy atom. The molecule has 2 N–H and O–H groups in total. The predicted octanol–water partition coefficient (Wildman–Crippen LogP) is 3.25. The van der Waals surface area contributed by atoms with E-state index in [0.29, 0.717) is 27.4 Å². The molecule has 1 fully saturated rings. The van der Waals surface area contributed by atoms with Gasteiger partial charge in [0, 0.05) is 16.7 Å². The van der Waals surface area contributed by atoms with Crippen molar-refractivity contribution in [2.45, 2.75) is 6.92 Å². The van der Waals surface area contributed by atoms with Gasteiger partial charge in [0.25, 0.3) is 5.91 Å². The number of thiocarbonyl (C=S) groups is 1. The van der Waals surface area contributed by atoms with Crippen LogP contribution >= 0.6 is 23.8 Å². The molecular weight excluding hydrogens is 308 g/mol. The molecule has 21 heavy (non-hydrogen) atoms. The van der Waals surface area contributed by atoms with Gasteiger partial charge in [-0.05, 0) is 49.0 Å². The fourth-order valence-corrected chi connectivity index (χ4v) is 2.43. The fraction of sp³-hybridized carbons (Fsp3) is 0.0667. The largest absolute Gasteiger partial charge is 0.457 e. The summed E-state index contributed by atoms with van der Waals surface area (Å²) in [6.07, 6.45) is 1.61. The minimum atomic E-state index is -0.267. The first kappa shape index (κ1) is 13.9. The maximum atomic E-state index is 11.6. The average molecular weight is 319 g/mol. The van der Waals surface area contributed by atoms with E-state index in [1.807, 2.05) is 31.2 Å². The molecule has 0 unspecified atom stereocenters. The summed E-state index contributed by atoms with van der Waals surface area (Å²) in [6.45, 7) is 1.98. The van der Waals surface area contributed by atoms with Gasteiger partial charge in [0.2, 0.25) is 0 Å². The van der Waals surface area contributed by atoms with Crippen molar-refractivity contribution in [1.82, 2.24) is 10.6 Å². The monoisotopic (exact) mass is 318 g/mol. The van der Waals surface area contributed by atoms with Gasteiger partial charge >= 0.3 is 0 Å². The summed E-state index contributed by atoms with van der Waals surface area (Å²) in [7, 11) is 0. The molecule has 0 aliphatic carbocycles. The van der Waals surface area contributed by atoms with Gasteiger partial charge in [-0.3, -0.25) is 10.1 Å². The van der Waals surface area contributed by atoms with Crippen LogP contribution < -0.4 is 10.6 Å². The smallest absolute Gasteiger partial charge is 0.274 e. The van der Waals surface area contributed by atoms with Crippen molar-refractivity contribution in [3.8, 4) is 11.3 Å². The third kappa shape index (κ3) is 2.84. The van der Waals surface area contributed by atoms with E-state index >= 15 is 0 Å². The van der Waals surface area contributed by atoms with Crippen LogP contribution in [0.5, 0.6) is 0 Å². The summed E-state index contributed by atoms with van der Waals surface area (Å²) >= 11 is 10.9. The quantitative estimate of drug-likeness (QED) is 0.659. The first-order valence-corrected chi connectivity index (χ1v) is 7.02. The minimum Gasteiger partial charge on any atom is -0.457 e. The number of carbonyl (C=O) groups excluding carboxylic acids is 1. The second-order valence-electron chi connectivity index (χ2n) is 4.63. The summed E-state index contributed by atoms with van der Waals surface area (Å²) in [4.78, 5) is 11.6. The number of furan rings is 1. The van der Waals surface area contributed by atoms with E-state index in [-0.39, 0.29) is 5.91 Å². The van der Waals surface area contributed by atoms with Crippen LogP contribution in [-0.2, 0) is 4.79 Å². The number of benzene rings is 1. The van der Waals surface area contributed by atoms with E-state index in [1.165, 1.54) is 0 Å². The van der Waals surface area contributed by atoms with Crippen molar-refractivity contribution < 1.29 is 9.21 Å². The molecule has 106 valence electrons. The zero-order valence-electron chi connectivity index (χ0n) is 11.1. The van der Waals surface area contributed by atoms with E-state index in [9.17, 15) is 4.79 Å². The summed E-state index contributed by atoms with van der Waals surface area (Å²) in [5.74, 6) is 0.992. The molecule has 1 aromatic heterocycles. The van der Waals surface area contributed by atoms with E-state index < -0.39 is 0 Å². The molecule has 0 atom stereocenters. The number of aryl methyl sites for hydroxylation is 1. The topological polar surface area (TPSA) is 54.3 Å². The molecule has 0 bridgehead atoms. The molecule has 0 saturated carbocycles. The number of amides is 1. The molecule has 0 radical (unpaired) electrons. The Labute approximate surface area is 131 Å². The third-order valence-corrected chi connectivity index (χ3v) is 3.54. The highest BCUT2D eigenvalue weighted by Gasteiger charge is 2.20.